The third kappa shape index (κ3) is 4.54. The van der Waals surface area contributed by atoms with E-state index in [9.17, 15) is 9.90 Å². The highest BCUT2D eigenvalue weighted by molar-refractivity contribution is 5.99. The molecule has 0 radical (unpaired) electrons. The van der Waals surface area contributed by atoms with Gasteiger partial charge in [0, 0.05) is 24.3 Å². The Morgan fingerprint density at radius 1 is 1.41 bits per heavy atom. The van der Waals surface area contributed by atoms with Crippen LogP contribution in [0.15, 0.2) is 36.5 Å². The van der Waals surface area contributed by atoms with Crippen LogP contribution in [0, 0.1) is 5.41 Å². The number of nitrogens with zero attached hydrogens (tertiary/aromatic N) is 1. The zero-order chi connectivity index (χ0) is 19.4. The Morgan fingerprint density at radius 3 is 2.89 bits per heavy atom. The summed E-state index contributed by atoms with van der Waals surface area (Å²) in [6.07, 6.45) is 7.22. The number of amides is 1. The molecule has 3 rings (SSSR count). The lowest BCUT2D eigenvalue weighted by molar-refractivity contribution is 0.0839. The van der Waals surface area contributed by atoms with Crippen LogP contribution < -0.4 is 5.32 Å². The summed E-state index contributed by atoms with van der Waals surface area (Å²) in [6.45, 7) is 4.69. The number of aromatic nitrogens is 1. The van der Waals surface area contributed by atoms with Crippen molar-refractivity contribution in [2.24, 2.45) is 5.41 Å². The lowest BCUT2D eigenvalue weighted by Gasteiger charge is -2.29. The zero-order valence-corrected chi connectivity index (χ0v) is 16.3. The summed E-state index contributed by atoms with van der Waals surface area (Å²) in [5, 5.41) is 13.0. The van der Waals surface area contributed by atoms with Crippen molar-refractivity contribution < 1.29 is 14.6 Å². The summed E-state index contributed by atoms with van der Waals surface area (Å²) in [6, 6.07) is 7.54. The minimum Gasteiger partial charge on any atom is -0.394 e. The fourth-order valence-electron chi connectivity index (χ4n) is 3.48. The van der Waals surface area contributed by atoms with Gasteiger partial charge in [0.15, 0.2) is 0 Å². The van der Waals surface area contributed by atoms with Gasteiger partial charge in [0.2, 0.25) is 0 Å². The number of nitrogens with one attached hydrogen (secondary N) is 1. The van der Waals surface area contributed by atoms with Crippen molar-refractivity contribution in [3.63, 3.8) is 0 Å². The lowest BCUT2D eigenvalue weighted by Crippen LogP contribution is -2.40. The Kier molecular flexibility index (Phi) is 5.92. The van der Waals surface area contributed by atoms with Gasteiger partial charge in [-0.3, -0.25) is 9.78 Å². The van der Waals surface area contributed by atoms with Crippen molar-refractivity contribution in [1.29, 1.82) is 0 Å². The minimum absolute atomic E-state index is 0.171. The summed E-state index contributed by atoms with van der Waals surface area (Å²) >= 11 is 0. The highest BCUT2D eigenvalue weighted by atomic mass is 16.5. The molecule has 1 aromatic carbocycles. The van der Waals surface area contributed by atoms with E-state index >= 15 is 0 Å². The molecule has 5 nitrogen and oxygen atoms in total. The van der Waals surface area contributed by atoms with Crippen LogP contribution in [0.3, 0.4) is 0 Å². The molecule has 0 bridgehead atoms. The van der Waals surface area contributed by atoms with Gasteiger partial charge in [0.05, 0.1) is 30.3 Å². The van der Waals surface area contributed by atoms with E-state index in [0.29, 0.717) is 11.0 Å². The molecule has 1 aromatic heterocycles. The van der Waals surface area contributed by atoms with E-state index in [-0.39, 0.29) is 19.1 Å². The lowest BCUT2D eigenvalue weighted by atomic mass is 9.77. The molecular weight excluding hydrogens is 340 g/mol. The first kappa shape index (κ1) is 19.5. The molecule has 144 valence electrons. The number of allylic oxidation sites excluding steroid dienone is 2. The van der Waals surface area contributed by atoms with Crippen molar-refractivity contribution in [2.75, 3.05) is 20.3 Å². The van der Waals surface area contributed by atoms with Gasteiger partial charge in [0.25, 0.3) is 5.91 Å². The van der Waals surface area contributed by atoms with Gasteiger partial charge in [-0.2, -0.15) is 0 Å². The van der Waals surface area contributed by atoms with Gasteiger partial charge >= 0.3 is 0 Å². The fraction of sp³-hybridized carbons (Fsp3) is 0.455. The summed E-state index contributed by atoms with van der Waals surface area (Å²) in [4.78, 5) is 17.1. The third-order valence-electron chi connectivity index (χ3n) is 5.21. The highest BCUT2D eigenvalue weighted by Crippen LogP contribution is 2.39. The second kappa shape index (κ2) is 8.19. The molecule has 5 heteroatoms. The predicted molar refractivity (Wildman–Crippen MR) is 108 cm³/mol. The molecule has 1 aliphatic rings. The highest BCUT2D eigenvalue weighted by Gasteiger charge is 2.23. The van der Waals surface area contributed by atoms with Crippen LogP contribution in [0.1, 0.15) is 49.0 Å². The van der Waals surface area contributed by atoms with E-state index in [1.165, 1.54) is 12.7 Å². The minimum atomic E-state index is -0.430. The second-order valence-electron chi connectivity index (χ2n) is 8.01. The largest absolute Gasteiger partial charge is 0.394 e. The monoisotopic (exact) mass is 368 g/mol. The Balaban J connectivity index is 1.87. The first-order valence-electron chi connectivity index (χ1n) is 9.42. The average Bonchev–Trinajstić information content (AvgIpc) is 2.66. The van der Waals surface area contributed by atoms with Gasteiger partial charge in [-0.15, -0.1) is 0 Å². The quantitative estimate of drug-likeness (QED) is 0.818. The maximum atomic E-state index is 12.5. The molecule has 2 N–H and O–H groups in total. The van der Waals surface area contributed by atoms with Crippen LogP contribution in [-0.2, 0) is 4.74 Å². The molecule has 0 aliphatic heterocycles. The number of pyridine rings is 1. The number of benzene rings is 1. The van der Waals surface area contributed by atoms with E-state index in [0.717, 1.165) is 35.7 Å². The van der Waals surface area contributed by atoms with Gasteiger partial charge in [-0.25, -0.2) is 0 Å². The summed E-state index contributed by atoms with van der Waals surface area (Å²) in [5.41, 5.74) is 4.26. The number of aliphatic hydroxyl groups is 1. The SMILES string of the molecule is COCC(CO)NC(=O)c1cnc2c(C3=CCC(C)(C)CC3)cccc2c1. The number of ether oxygens (including phenoxy) is 1. The number of carbonyl (C=O) groups is 1. The van der Waals surface area contributed by atoms with Crippen LogP contribution in [0.5, 0.6) is 0 Å². The molecule has 1 amide bonds. The number of hydrogen-bond acceptors (Lipinski definition) is 4. The topological polar surface area (TPSA) is 71.5 Å². The summed E-state index contributed by atoms with van der Waals surface area (Å²) < 4.78 is 5.00. The average molecular weight is 368 g/mol. The fourth-order valence-corrected chi connectivity index (χ4v) is 3.48. The van der Waals surface area contributed by atoms with Gasteiger partial charge in [-0.1, -0.05) is 38.1 Å². The normalized spacial score (nSPS) is 17.4. The number of methoxy groups -OCH3 is 1. The van der Waals surface area contributed by atoms with Crippen molar-refractivity contribution in [3.05, 3.63) is 47.7 Å². The van der Waals surface area contributed by atoms with Crippen LogP contribution in [-0.4, -0.2) is 42.4 Å². The molecule has 0 spiro atoms. The maximum Gasteiger partial charge on any atom is 0.253 e. The molecule has 0 fully saturated rings. The molecule has 1 unspecified atom stereocenters. The van der Waals surface area contributed by atoms with Crippen LogP contribution >= 0.6 is 0 Å². The standard InChI is InChI=1S/C22H28N2O3/c1-22(2)9-7-15(8-10-22)19-6-4-5-16-11-17(12-23-20(16)19)21(26)24-18(13-25)14-27-3/h4-7,11-12,18,25H,8-10,13-14H2,1-3H3,(H,24,26). The zero-order valence-electron chi connectivity index (χ0n) is 16.3. The number of carbonyl (C=O) groups excluding carboxylic acids is 1. The van der Waals surface area contributed by atoms with Crippen molar-refractivity contribution in [2.45, 2.75) is 39.2 Å². The molecule has 1 atom stereocenters. The Hall–Kier alpha value is -2.24. The van der Waals surface area contributed by atoms with Crippen LogP contribution in [0.25, 0.3) is 16.5 Å². The third-order valence-corrected chi connectivity index (χ3v) is 5.21. The van der Waals surface area contributed by atoms with Gasteiger partial charge < -0.3 is 15.2 Å². The molecule has 0 saturated carbocycles. The number of para-hydroxylation sites is 1. The molecule has 2 aromatic rings. The Morgan fingerprint density at radius 2 is 2.22 bits per heavy atom. The van der Waals surface area contributed by atoms with E-state index in [1.54, 1.807) is 6.20 Å². The second-order valence-corrected chi connectivity index (χ2v) is 8.01. The smallest absolute Gasteiger partial charge is 0.253 e. The number of fused-ring (bicyclic) bond motifs is 1. The number of hydrogen-bond donors (Lipinski definition) is 2. The van der Waals surface area contributed by atoms with E-state index in [2.05, 4.69) is 36.3 Å². The van der Waals surface area contributed by atoms with Crippen molar-refractivity contribution in [1.82, 2.24) is 10.3 Å². The van der Waals surface area contributed by atoms with Crippen molar-refractivity contribution >= 4 is 22.4 Å². The molecule has 0 saturated heterocycles. The van der Waals surface area contributed by atoms with E-state index < -0.39 is 6.04 Å². The number of aliphatic hydroxyl groups excluding tert-OH is 1. The van der Waals surface area contributed by atoms with Gasteiger partial charge in [-0.05, 0) is 36.3 Å². The van der Waals surface area contributed by atoms with Gasteiger partial charge in [0.1, 0.15) is 0 Å². The first-order chi connectivity index (χ1) is 12.9. The van der Waals surface area contributed by atoms with Crippen LogP contribution in [0.2, 0.25) is 0 Å². The molecule has 1 heterocycles. The van der Waals surface area contributed by atoms with Crippen molar-refractivity contribution in [3.8, 4) is 0 Å². The van der Waals surface area contributed by atoms with Crippen LogP contribution in [0.4, 0.5) is 0 Å². The Bertz CT molecular complexity index is 858. The molecule has 1 aliphatic carbocycles. The van der Waals surface area contributed by atoms with E-state index in [1.807, 2.05) is 18.2 Å². The summed E-state index contributed by atoms with van der Waals surface area (Å²) in [5.74, 6) is -0.260. The van der Waals surface area contributed by atoms with E-state index in [4.69, 9.17) is 4.74 Å². The molecular formula is C22H28N2O3. The molecule has 27 heavy (non-hydrogen) atoms. The Labute approximate surface area is 160 Å². The first-order valence-corrected chi connectivity index (χ1v) is 9.42. The maximum absolute atomic E-state index is 12.5. The predicted octanol–water partition coefficient (Wildman–Crippen LogP) is 3.57. The summed E-state index contributed by atoms with van der Waals surface area (Å²) in [7, 11) is 1.54. The number of rotatable bonds is 6.